The zero-order valence-corrected chi connectivity index (χ0v) is 13.1. The SMILES string of the molecule is COCCNCCCc1cn(CCOC)c2ccccc12. The molecule has 2 aromatic rings. The van der Waals surface area contributed by atoms with Crippen molar-refractivity contribution < 1.29 is 9.47 Å². The van der Waals surface area contributed by atoms with Crippen molar-refractivity contribution >= 4 is 10.9 Å². The molecule has 0 aliphatic heterocycles. The second kappa shape index (κ2) is 8.82. The topological polar surface area (TPSA) is 35.4 Å². The summed E-state index contributed by atoms with van der Waals surface area (Å²) in [6.07, 6.45) is 4.52. The van der Waals surface area contributed by atoms with E-state index in [0.29, 0.717) is 0 Å². The Kier molecular flexibility index (Phi) is 6.73. The standard InChI is InChI=1S/C17H26N2O2/c1-20-12-10-18-9-5-6-15-14-19(11-13-21-2)17-8-4-3-7-16(15)17/h3-4,7-8,14,18H,5-6,9-13H2,1-2H3. The molecule has 1 aromatic carbocycles. The van der Waals surface area contributed by atoms with Gasteiger partial charge in [0, 0.05) is 44.4 Å². The quantitative estimate of drug-likeness (QED) is 0.683. The van der Waals surface area contributed by atoms with Gasteiger partial charge in [-0.2, -0.15) is 0 Å². The van der Waals surface area contributed by atoms with Crippen LogP contribution in [0, 0.1) is 0 Å². The van der Waals surface area contributed by atoms with E-state index in [-0.39, 0.29) is 0 Å². The number of aromatic nitrogens is 1. The van der Waals surface area contributed by atoms with E-state index in [0.717, 1.165) is 45.7 Å². The Morgan fingerprint density at radius 1 is 1.05 bits per heavy atom. The lowest BCUT2D eigenvalue weighted by molar-refractivity contribution is 0.188. The maximum absolute atomic E-state index is 5.20. The lowest BCUT2D eigenvalue weighted by Gasteiger charge is -2.03. The van der Waals surface area contributed by atoms with Crippen molar-refractivity contribution in [1.29, 1.82) is 0 Å². The van der Waals surface area contributed by atoms with Crippen LogP contribution in [-0.4, -0.2) is 45.1 Å². The number of para-hydroxylation sites is 1. The van der Waals surface area contributed by atoms with Crippen LogP contribution in [0.2, 0.25) is 0 Å². The third-order valence-corrected chi connectivity index (χ3v) is 3.69. The Balaban J connectivity index is 1.95. The molecule has 1 heterocycles. The monoisotopic (exact) mass is 290 g/mol. The number of nitrogens with zero attached hydrogens (tertiary/aromatic N) is 1. The molecule has 4 nitrogen and oxygen atoms in total. The zero-order chi connectivity index (χ0) is 14.9. The first-order chi connectivity index (χ1) is 10.4. The van der Waals surface area contributed by atoms with E-state index >= 15 is 0 Å². The highest BCUT2D eigenvalue weighted by molar-refractivity contribution is 5.83. The highest BCUT2D eigenvalue weighted by Crippen LogP contribution is 2.22. The number of rotatable bonds is 10. The summed E-state index contributed by atoms with van der Waals surface area (Å²) >= 11 is 0. The van der Waals surface area contributed by atoms with E-state index in [1.807, 2.05) is 0 Å². The lowest BCUT2D eigenvalue weighted by Crippen LogP contribution is -2.20. The predicted molar refractivity (Wildman–Crippen MR) is 86.9 cm³/mol. The van der Waals surface area contributed by atoms with Crippen LogP contribution in [0.3, 0.4) is 0 Å². The number of fused-ring (bicyclic) bond motifs is 1. The average Bonchev–Trinajstić information content (AvgIpc) is 2.87. The second-order valence-electron chi connectivity index (χ2n) is 5.20. The Bertz CT molecular complexity index is 537. The molecule has 4 heteroatoms. The molecule has 0 saturated carbocycles. The van der Waals surface area contributed by atoms with Crippen LogP contribution < -0.4 is 5.32 Å². The molecule has 0 aliphatic rings. The largest absolute Gasteiger partial charge is 0.383 e. The van der Waals surface area contributed by atoms with Crippen LogP contribution in [-0.2, 0) is 22.4 Å². The molecule has 1 N–H and O–H groups in total. The molecule has 0 aliphatic carbocycles. The number of benzene rings is 1. The van der Waals surface area contributed by atoms with E-state index in [1.165, 1.54) is 16.5 Å². The van der Waals surface area contributed by atoms with Gasteiger partial charge in [0.25, 0.3) is 0 Å². The van der Waals surface area contributed by atoms with Crippen molar-refractivity contribution in [3.63, 3.8) is 0 Å². The van der Waals surface area contributed by atoms with Gasteiger partial charge < -0.3 is 19.4 Å². The van der Waals surface area contributed by atoms with Crippen LogP contribution in [0.25, 0.3) is 10.9 Å². The molecule has 2 rings (SSSR count). The molecule has 116 valence electrons. The van der Waals surface area contributed by atoms with Gasteiger partial charge in [0.1, 0.15) is 0 Å². The summed E-state index contributed by atoms with van der Waals surface area (Å²) in [6.45, 7) is 4.38. The van der Waals surface area contributed by atoms with E-state index in [2.05, 4.69) is 40.3 Å². The highest BCUT2D eigenvalue weighted by atomic mass is 16.5. The maximum atomic E-state index is 5.20. The molecule has 0 spiro atoms. The molecular formula is C17H26N2O2. The number of aryl methyl sites for hydroxylation is 1. The third-order valence-electron chi connectivity index (χ3n) is 3.69. The first-order valence-electron chi connectivity index (χ1n) is 7.62. The van der Waals surface area contributed by atoms with Gasteiger partial charge in [-0.05, 0) is 31.0 Å². The first kappa shape index (κ1) is 16.0. The summed E-state index contributed by atoms with van der Waals surface area (Å²) in [6, 6.07) is 8.61. The molecule has 0 unspecified atom stereocenters. The minimum absolute atomic E-state index is 0.747. The zero-order valence-electron chi connectivity index (χ0n) is 13.1. The van der Waals surface area contributed by atoms with E-state index in [1.54, 1.807) is 14.2 Å². The van der Waals surface area contributed by atoms with E-state index < -0.39 is 0 Å². The van der Waals surface area contributed by atoms with Crippen LogP contribution in [0.4, 0.5) is 0 Å². The van der Waals surface area contributed by atoms with Gasteiger partial charge in [-0.15, -0.1) is 0 Å². The Morgan fingerprint density at radius 2 is 1.86 bits per heavy atom. The van der Waals surface area contributed by atoms with Gasteiger partial charge >= 0.3 is 0 Å². The van der Waals surface area contributed by atoms with Crippen molar-refractivity contribution in [3.8, 4) is 0 Å². The first-order valence-corrected chi connectivity index (χ1v) is 7.62. The van der Waals surface area contributed by atoms with Gasteiger partial charge in [-0.25, -0.2) is 0 Å². The summed E-state index contributed by atoms with van der Waals surface area (Å²) in [4.78, 5) is 0. The fourth-order valence-corrected chi connectivity index (χ4v) is 2.60. The van der Waals surface area contributed by atoms with Gasteiger partial charge in [0.15, 0.2) is 0 Å². The third kappa shape index (κ3) is 4.56. The summed E-state index contributed by atoms with van der Waals surface area (Å²) in [7, 11) is 3.48. The number of methoxy groups -OCH3 is 2. The van der Waals surface area contributed by atoms with E-state index in [4.69, 9.17) is 9.47 Å². The van der Waals surface area contributed by atoms with Crippen LogP contribution >= 0.6 is 0 Å². The van der Waals surface area contributed by atoms with Gasteiger partial charge in [0.2, 0.25) is 0 Å². The average molecular weight is 290 g/mol. The maximum Gasteiger partial charge on any atom is 0.0641 e. The summed E-state index contributed by atoms with van der Waals surface area (Å²) in [5, 5.41) is 4.76. The smallest absolute Gasteiger partial charge is 0.0641 e. The molecule has 21 heavy (non-hydrogen) atoms. The van der Waals surface area contributed by atoms with Gasteiger partial charge in [0.05, 0.1) is 13.2 Å². The minimum atomic E-state index is 0.747. The van der Waals surface area contributed by atoms with Crippen molar-refractivity contribution in [2.75, 3.05) is 40.5 Å². The Hall–Kier alpha value is -1.36. The molecule has 0 bridgehead atoms. The number of ether oxygens (including phenoxy) is 2. The summed E-state index contributed by atoms with van der Waals surface area (Å²) < 4.78 is 12.5. The number of hydrogen-bond donors (Lipinski definition) is 1. The Morgan fingerprint density at radius 3 is 2.67 bits per heavy atom. The molecular weight excluding hydrogens is 264 g/mol. The number of hydrogen-bond acceptors (Lipinski definition) is 3. The van der Waals surface area contributed by atoms with Crippen LogP contribution in [0.5, 0.6) is 0 Å². The fraction of sp³-hybridized carbons (Fsp3) is 0.529. The molecule has 0 saturated heterocycles. The normalized spacial score (nSPS) is 11.3. The molecule has 0 fully saturated rings. The fourth-order valence-electron chi connectivity index (χ4n) is 2.60. The predicted octanol–water partition coefficient (Wildman–Crippen LogP) is 2.46. The second-order valence-corrected chi connectivity index (χ2v) is 5.20. The Labute approximate surface area is 127 Å². The van der Waals surface area contributed by atoms with Crippen molar-refractivity contribution in [2.45, 2.75) is 19.4 Å². The minimum Gasteiger partial charge on any atom is -0.383 e. The van der Waals surface area contributed by atoms with Gasteiger partial charge in [-0.3, -0.25) is 0 Å². The van der Waals surface area contributed by atoms with Crippen molar-refractivity contribution in [2.24, 2.45) is 0 Å². The van der Waals surface area contributed by atoms with Crippen LogP contribution in [0.1, 0.15) is 12.0 Å². The van der Waals surface area contributed by atoms with Crippen molar-refractivity contribution in [3.05, 3.63) is 36.0 Å². The van der Waals surface area contributed by atoms with Crippen molar-refractivity contribution in [1.82, 2.24) is 9.88 Å². The van der Waals surface area contributed by atoms with Crippen LogP contribution in [0.15, 0.2) is 30.5 Å². The summed E-state index contributed by atoms with van der Waals surface area (Å²) in [5.41, 5.74) is 2.73. The molecule has 0 atom stereocenters. The lowest BCUT2D eigenvalue weighted by atomic mass is 10.1. The number of nitrogens with one attached hydrogen (secondary N) is 1. The molecule has 0 amide bonds. The van der Waals surface area contributed by atoms with E-state index in [9.17, 15) is 0 Å². The van der Waals surface area contributed by atoms with Gasteiger partial charge in [-0.1, -0.05) is 18.2 Å². The molecule has 1 aromatic heterocycles. The molecule has 0 radical (unpaired) electrons. The highest BCUT2D eigenvalue weighted by Gasteiger charge is 2.07. The summed E-state index contributed by atoms with van der Waals surface area (Å²) in [5.74, 6) is 0.